The fourth-order valence-corrected chi connectivity index (χ4v) is 4.11. The van der Waals surface area contributed by atoms with Crippen LogP contribution in [0.5, 0.6) is 0 Å². The van der Waals surface area contributed by atoms with E-state index in [1.165, 1.54) is 25.7 Å². The molecular formula is C19H30N4O. The first-order valence-corrected chi connectivity index (χ1v) is 9.31. The van der Waals surface area contributed by atoms with Crippen molar-refractivity contribution >= 4 is 11.7 Å². The summed E-state index contributed by atoms with van der Waals surface area (Å²) in [7, 11) is 0. The van der Waals surface area contributed by atoms with E-state index in [0.717, 1.165) is 24.5 Å². The second-order valence-corrected chi connectivity index (χ2v) is 7.34. The zero-order valence-corrected chi connectivity index (χ0v) is 15.2. The number of rotatable bonds is 5. The van der Waals surface area contributed by atoms with Crippen molar-refractivity contribution in [3.63, 3.8) is 0 Å². The van der Waals surface area contributed by atoms with Gasteiger partial charge >= 0.3 is 0 Å². The fourth-order valence-electron chi connectivity index (χ4n) is 4.11. The van der Waals surface area contributed by atoms with E-state index < -0.39 is 0 Å². The molecule has 1 aromatic heterocycles. The van der Waals surface area contributed by atoms with Crippen LogP contribution in [-0.4, -0.2) is 47.0 Å². The summed E-state index contributed by atoms with van der Waals surface area (Å²) in [6.07, 6.45) is 6.76. The van der Waals surface area contributed by atoms with Gasteiger partial charge in [-0.25, -0.2) is 4.98 Å². The van der Waals surface area contributed by atoms with Gasteiger partial charge in [-0.2, -0.15) is 0 Å². The van der Waals surface area contributed by atoms with Gasteiger partial charge in [0.1, 0.15) is 5.82 Å². The molecule has 5 nitrogen and oxygen atoms in total. The van der Waals surface area contributed by atoms with E-state index in [2.05, 4.69) is 46.1 Å². The summed E-state index contributed by atoms with van der Waals surface area (Å²) in [5.74, 6) is 1.16. The summed E-state index contributed by atoms with van der Waals surface area (Å²) in [4.78, 5) is 21.7. The third-order valence-electron chi connectivity index (χ3n) is 5.55. The first kappa shape index (κ1) is 17.2. The lowest BCUT2D eigenvalue weighted by Gasteiger charge is -2.31. The summed E-state index contributed by atoms with van der Waals surface area (Å²) >= 11 is 0. The van der Waals surface area contributed by atoms with Crippen LogP contribution in [0, 0.1) is 0 Å². The zero-order chi connectivity index (χ0) is 17.1. The lowest BCUT2D eigenvalue weighted by Crippen LogP contribution is -2.48. The standard InChI is InChI=1S/C19H30N4O/c1-14-6-7-15(2)23(14)16(3)19(24)21-13-17-8-9-18(20-12-17)22-10-4-5-11-22/h8-9,12,14-16H,4-7,10-11,13H2,1-3H3,(H,21,24)/t14-,15+,16-/m1/s1. The lowest BCUT2D eigenvalue weighted by atomic mass is 10.2. The molecule has 0 spiro atoms. The Hall–Kier alpha value is -1.62. The number of carbonyl (C=O) groups excluding carboxylic acids is 1. The first-order chi connectivity index (χ1) is 11.6. The van der Waals surface area contributed by atoms with Crippen molar-refractivity contribution in [2.24, 2.45) is 0 Å². The molecule has 0 aliphatic carbocycles. The van der Waals surface area contributed by atoms with Gasteiger partial charge in [-0.05, 0) is 58.1 Å². The number of hydrogen-bond donors (Lipinski definition) is 1. The maximum absolute atomic E-state index is 12.5. The predicted molar refractivity (Wildman–Crippen MR) is 97.0 cm³/mol. The highest BCUT2D eigenvalue weighted by molar-refractivity contribution is 5.81. The Labute approximate surface area is 145 Å². The van der Waals surface area contributed by atoms with Crippen LogP contribution in [0.25, 0.3) is 0 Å². The van der Waals surface area contributed by atoms with Crippen LogP contribution in [0.15, 0.2) is 18.3 Å². The molecule has 1 amide bonds. The smallest absolute Gasteiger partial charge is 0.237 e. The molecule has 2 aliphatic heterocycles. The van der Waals surface area contributed by atoms with Crippen molar-refractivity contribution in [1.82, 2.24) is 15.2 Å². The van der Waals surface area contributed by atoms with Gasteiger partial charge in [0, 0.05) is 37.9 Å². The maximum Gasteiger partial charge on any atom is 0.237 e. The minimum absolute atomic E-state index is 0.0747. The van der Waals surface area contributed by atoms with Gasteiger partial charge in [0.05, 0.1) is 6.04 Å². The highest BCUT2D eigenvalue weighted by Crippen LogP contribution is 2.26. The fraction of sp³-hybridized carbons (Fsp3) is 0.684. The Bertz CT molecular complexity index is 543. The third-order valence-corrected chi connectivity index (χ3v) is 5.55. The molecule has 5 heteroatoms. The SMILES string of the molecule is C[C@@H]1CC[C@H](C)N1[C@H](C)C(=O)NCc1ccc(N2CCCC2)nc1. The maximum atomic E-state index is 12.5. The van der Waals surface area contributed by atoms with Crippen molar-refractivity contribution < 1.29 is 4.79 Å². The summed E-state index contributed by atoms with van der Waals surface area (Å²) < 4.78 is 0. The van der Waals surface area contributed by atoms with Gasteiger partial charge in [-0.1, -0.05) is 6.07 Å². The second kappa shape index (κ2) is 7.51. The van der Waals surface area contributed by atoms with Gasteiger partial charge < -0.3 is 10.2 Å². The molecule has 1 aromatic rings. The molecular weight excluding hydrogens is 300 g/mol. The van der Waals surface area contributed by atoms with Gasteiger partial charge in [0.25, 0.3) is 0 Å². The zero-order valence-electron chi connectivity index (χ0n) is 15.2. The molecule has 0 bridgehead atoms. The van der Waals surface area contributed by atoms with Gasteiger partial charge in [-0.3, -0.25) is 9.69 Å². The van der Waals surface area contributed by atoms with Gasteiger partial charge in [0.15, 0.2) is 0 Å². The number of nitrogens with zero attached hydrogens (tertiary/aromatic N) is 3. The van der Waals surface area contributed by atoms with Gasteiger partial charge in [0.2, 0.25) is 5.91 Å². The van der Waals surface area contributed by atoms with Crippen LogP contribution in [-0.2, 0) is 11.3 Å². The molecule has 2 fully saturated rings. The molecule has 3 rings (SSSR count). The minimum atomic E-state index is -0.0747. The topological polar surface area (TPSA) is 48.5 Å². The molecule has 3 atom stereocenters. The number of anilines is 1. The number of likely N-dealkylation sites (tertiary alicyclic amines) is 1. The van der Waals surface area contributed by atoms with Crippen LogP contribution in [0.1, 0.15) is 52.0 Å². The quantitative estimate of drug-likeness (QED) is 0.901. The summed E-state index contributed by atoms with van der Waals surface area (Å²) in [6, 6.07) is 5.05. The minimum Gasteiger partial charge on any atom is -0.357 e. The number of aromatic nitrogens is 1. The number of nitrogens with one attached hydrogen (secondary N) is 1. The normalized spacial score (nSPS) is 25.9. The van der Waals surface area contributed by atoms with Crippen molar-refractivity contribution in [2.45, 2.75) is 71.1 Å². The van der Waals surface area contributed by atoms with E-state index in [-0.39, 0.29) is 11.9 Å². The second-order valence-electron chi connectivity index (χ2n) is 7.34. The van der Waals surface area contributed by atoms with Crippen LogP contribution < -0.4 is 10.2 Å². The van der Waals surface area contributed by atoms with Crippen molar-refractivity contribution in [1.29, 1.82) is 0 Å². The van der Waals surface area contributed by atoms with Crippen molar-refractivity contribution in [2.75, 3.05) is 18.0 Å². The molecule has 0 radical (unpaired) electrons. The Balaban J connectivity index is 1.52. The Morgan fingerprint density at radius 2 is 1.92 bits per heavy atom. The van der Waals surface area contributed by atoms with E-state index >= 15 is 0 Å². The number of pyridine rings is 1. The van der Waals surface area contributed by atoms with Crippen LogP contribution in [0.3, 0.4) is 0 Å². The van der Waals surface area contributed by atoms with Crippen molar-refractivity contribution in [3.05, 3.63) is 23.9 Å². The van der Waals surface area contributed by atoms with Crippen LogP contribution in [0.4, 0.5) is 5.82 Å². The van der Waals surface area contributed by atoms with Crippen LogP contribution >= 0.6 is 0 Å². The first-order valence-electron chi connectivity index (χ1n) is 9.31. The summed E-state index contributed by atoms with van der Waals surface area (Å²) in [5.41, 5.74) is 1.06. The molecule has 2 saturated heterocycles. The molecule has 0 saturated carbocycles. The molecule has 0 aromatic carbocycles. The van der Waals surface area contributed by atoms with E-state index in [0.29, 0.717) is 18.6 Å². The van der Waals surface area contributed by atoms with Gasteiger partial charge in [-0.15, -0.1) is 0 Å². The number of hydrogen-bond acceptors (Lipinski definition) is 4. The van der Waals surface area contributed by atoms with E-state index in [4.69, 9.17) is 0 Å². The lowest BCUT2D eigenvalue weighted by molar-refractivity contribution is -0.127. The highest BCUT2D eigenvalue weighted by atomic mass is 16.2. The molecule has 24 heavy (non-hydrogen) atoms. The monoisotopic (exact) mass is 330 g/mol. The average Bonchev–Trinajstić information content (AvgIpc) is 3.23. The molecule has 132 valence electrons. The van der Waals surface area contributed by atoms with E-state index in [1.54, 1.807) is 0 Å². The Morgan fingerprint density at radius 1 is 1.25 bits per heavy atom. The van der Waals surface area contributed by atoms with Crippen molar-refractivity contribution in [3.8, 4) is 0 Å². The molecule has 1 N–H and O–H groups in total. The molecule has 3 heterocycles. The van der Waals surface area contributed by atoms with E-state index in [1.807, 2.05) is 13.1 Å². The number of amides is 1. The molecule has 0 unspecified atom stereocenters. The third kappa shape index (κ3) is 3.72. The summed E-state index contributed by atoms with van der Waals surface area (Å²) in [5, 5.41) is 3.07. The van der Waals surface area contributed by atoms with Crippen LogP contribution in [0.2, 0.25) is 0 Å². The highest BCUT2D eigenvalue weighted by Gasteiger charge is 2.34. The number of carbonyl (C=O) groups is 1. The molecule has 2 aliphatic rings. The van der Waals surface area contributed by atoms with E-state index in [9.17, 15) is 4.79 Å². The Kier molecular flexibility index (Phi) is 5.39. The predicted octanol–water partition coefficient (Wildman–Crippen LogP) is 2.56. The average molecular weight is 330 g/mol. The summed E-state index contributed by atoms with van der Waals surface area (Å²) in [6.45, 7) is 9.21. The largest absolute Gasteiger partial charge is 0.357 e. The Morgan fingerprint density at radius 3 is 2.50 bits per heavy atom.